The number of rotatable bonds is 6. The van der Waals surface area contributed by atoms with E-state index in [1.165, 1.54) is 0 Å². The first-order chi connectivity index (χ1) is 11.3. The fraction of sp³-hybridized carbons (Fsp3) is 0.529. The standard InChI is InChI=1S/C17H24ClN3O3/c1-12-9-13(18)3-4-15(12)19-16(22)10-21-7-5-14(6-8-21)20(2)11-17(23)24/h3-4,9,14H,5-8,10-11H2,1-2H3,(H,19,22)(H,23,24). The number of hydrogen-bond acceptors (Lipinski definition) is 4. The van der Waals surface area contributed by atoms with Gasteiger partial charge in [-0.15, -0.1) is 0 Å². The van der Waals surface area contributed by atoms with Crippen LogP contribution in [0.15, 0.2) is 18.2 Å². The first-order valence-corrected chi connectivity index (χ1v) is 8.43. The predicted molar refractivity (Wildman–Crippen MR) is 94.5 cm³/mol. The molecule has 0 atom stereocenters. The fourth-order valence-electron chi connectivity index (χ4n) is 3.02. The van der Waals surface area contributed by atoms with Crippen LogP contribution in [0.3, 0.4) is 0 Å². The van der Waals surface area contributed by atoms with Crippen molar-refractivity contribution in [3.05, 3.63) is 28.8 Å². The third-order valence-corrected chi connectivity index (χ3v) is 4.63. The molecule has 6 nitrogen and oxygen atoms in total. The number of carboxylic acids is 1. The van der Waals surface area contributed by atoms with Crippen LogP contribution in [-0.4, -0.2) is 66.1 Å². The Labute approximate surface area is 147 Å². The van der Waals surface area contributed by atoms with Crippen molar-refractivity contribution in [1.82, 2.24) is 9.80 Å². The summed E-state index contributed by atoms with van der Waals surface area (Å²) in [7, 11) is 1.84. The van der Waals surface area contributed by atoms with E-state index in [1.54, 1.807) is 6.07 Å². The molecule has 132 valence electrons. The molecule has 0 spiro atoms. The number of carboxylic acid groups (broad SMARTS) is 1. The van der Waals surface area contributed by atoms with Crippen LogP contribution in [0.2, 0.25) is 5.02 Å². The van der Waals surface area contributed by atoms with E-state index in [0.29, 0.717) is 11.6 Å². The number of piperidine rings is 1. The van der Waals surface area contributed by atoms with Gasteiger partial charge in [0.15, 0.2) is 0 Å². The molecule has 0 radical (unpaired) electrons. The molecule has 0 aromatic heterocycles. The van der Waals surface area contributed by atoms with Gasteiger partial charge in [0.05, 0.1) is 13.1 Å². The molecule has 1 fully saturated rings. The monoisotopic (exact) mass is 353 g/mol. The number of hydrogen-bond donors (Lipinski definition) is 2. The molecule has 1 saturated heterocycles. The van der Waals surface area contributed by atoms with E-state index >= 15 is 0 Å². The SMILES string of the molecule is Cc1cc(Cl)ccc1NC(=O)CN1CCC(N(C)CC(=O)O)CC1. The number of benzene rings is 1. The molecule has 0 unspecified atom stereocenters. The average molecular weight is 354 g/mol. The van der Waals surface area contributed by atoms with Gasteiger partial charge in [-0.25, -0.2) is 0 Å². The number of nitrogens with zero attached hydrogens (tertiary/aromatic N) is 2. The van der Waals surface area contributed by atoms with E-state index in [2.05, 4.69) is 10.2 Å². The van der Waals surface area contributed by atoms with Crippen LogP contribution in [0.5, 0.6) is 0 Å². The van der Waals surface area contributed by atoms with Crippen molar-refractivity contribution in [3.8, 4) is 0 Å². The lowest BCUT2D eigenvalue weighted by molar-refractivity contribution is -0.138. The summed E-state index contributed by atoms with van der Waals surface area (Å²) in [6.45, 7) is 3.90. The lowest BCUT2D eigenvalue weighted by Crippen LogP contribution is -2.46. The summed E-state index contributed by atoms with van der Waals surface area (Å²) in [5, 5.41) is 12.4. The highest BCUT2D eigenvalue weighted by molar-refractivity contribution is 6.30. The predicted octanol–water partition coefficient (Wildman–Crippen LogP) is 2.07. The summed E-state index contributed by atoms with van der Waals surface area (Å²) >= 11 is 5.92. The summed E-state index contributed by atoms with van der Waals surface area (Å²) in [6.07, 6.45) is 1.74. The number of aliphatic carboxylic acids is 1. The van der Waals surface area contributed by atoms with E-state index in [0.717, 1.165) is 37.2 Å². The van der Waals surface area contributed by atoms with Crippen LogP contribution in [0.4, 0.5) is 5.69 Å². The normalized spacial score (nSPS) is 16.3. The van der Waals surface area contributed by atoms with Gasteiger partial charge in [0, 0.05) is 29.8 Å². The number of likely N-dealkylation sites (N-methyl/N-ethyl adjacent to an activating group) is 1. The van der Waals surface area contributed by atoms with Crippen LogP contribution in [0.25, 0.3) is 0 Å². The second-order valence-electron chi connectivity index (χ2n) is 6.32. The number of nitrogens with one attached hydrogen (secondary N) is 1. The molecule has 1 amide bonds. The van der Waals surface area contributed by atoms with Crippen molar-refractivity contribution in [2.45, 2.75) is 25.8 Å². The van der Waals surface area contributed by atoms with E-state index in [9.17, 15) is 9.59 Å². The minimum Gasteiger partial charge on any atom is -0.480 e. The third kappa shape index (κ3) is 5.47. The van der Waals surface area contributed by atoms with E-state index < -0.39 is 5.97 Å². The van der Waals surface area contributed by atoms with Gasteiger partial charge < -0.3 is 10.4 Å². The molecule has 1 aliphatic heterocycles. The van der Waals surface area contributed by atoms with Gasteiger partial charge in [0.1, 0.15) is 0 Å². The zero-order chi connectivity index (χ0) is 17.7. The minimum atomic E-state index is -0.808. The highest BCUT2D eigenvalue weighted by Gasteiger charge is 2.24. The Bertz CT molecular complexity index is 601. The van der Waals surface area contributed by atoms with Gasteiger partial charge in [-0.1, -0.05) is 11.6 Å². The number of aryl methyl sites for hydroxylation is 1. The third-order valence-electron chi connectivity index (χ3n) is 4.39. The molecule has 2 N–H and O–H groups in total. The Morgan fingerprint density at radius 1 is 1.38 bits per heavy atom. The van der Waals surface area contributed by atoms with Gasteiger partial charge >= 0.3 is 5.97 Å². The van der Waals surface area contributed by atoms with Crippen LogP contribution in [-0.2, 0) is 9.59 Å². The van der Waals surface area contributed by atoms with Crippen LogP contribution in [0, 0.1) is 6.92 Å². The summed E-state index contributed by atoms with van der Waals surface area (Å²) < 4.78 is 0. The zero-order valence-electron chi connectivity index (χ0n) is 14.1. The van der Waals surface area contributed by atoms with Gasteiger partial charge in [-0.3, -0.25) is 19.4 Å². The maximum absolute atomic E-state index is 12.2. The molecular weight excluding hydrogens is 330 g/mol. The fourth-order valence-corrected chi connectivity index (χ4v) is 3.25. The number of halogens is 1. The molecule has 0 saturated carbocycles. The molecule has 2 rings (SSSR count). The quantitative estimate of drug-likeness (QED) is 0.819. The second-order valence-corrected chi connectivity index (χ2v) is 6.76. The van der Waals surface area contributed by atoms with Crippen molar-refractivity contribution < 1.29 is 14.7 Å². The van der Waals surface area contributed by atoms with E-state index in [4.69, 9.17) is 16.7 Å². The number of amides is 1. The molecule has 1 aliphatic rings. The lowest BCUT2D eigenvalue weighted by Gasteiger charge is -2.35. The highest BCUT2D eigenvalue weighted by Crippen LogP contribution is 2.20. The first kappa shape index (κ1) is 18.7. The Balaban J connectivity index is 1.79. The van der Waals surface area contributed by atoms with E-state index in [1.807, 2.05) is 31.0 Å². The summed E-state index contributed by atoms with van der Waals surface area (Å²) in [6, 6.07) is 5.65. The Morgan fingerprint density at radius 3 is 2.62 bits per heavy atom. The molecule has 24 heavy (non-hydrogen) atoms. The van der Waals surface area contributed by atoms with Crippen LogP contribution >= 0.6 is 11.6 Å². The second kappa shape index (κ2) is 8.46. The van der Waals surface area contributed by atoms with Gasteiger partial charge in [-0.2, -0.15) is 0 Å². The molecule has 1 aromatic carbocycles. The largest absolute Gasteiger partial charge is 0.480 e. The molecular formula is C17H24ClN3O3. The average Bonchev–Trinajstić information content (AvgIpc) is 2.50. The number of carbonyl (C=O) groups is 2. The maximum atomic E-state index is 12.2. The summed E-state index contributed by atoms with van der Waals surface area (Å²) in [4.78, 5) is 27.0. The summed E-state index contributed by atoms with van der Waals surface area (Å²) in [5.41, 5.74) is 1.71. The Morgan fingerprint density at radius 2 is 2.04 bits per heavy atom. The smallest absolute Gasteiger partial charge is 0.317 e. The molecule has 0 bridgehead atoms. The van der Waals surface area contributed by atoms with Crippen molar-refractivity contribution in [2.24, 2.45) is 0 Å². The van der Waals surface area contributed by atoms with Crippen molar-refractivity contribution in [1.29, 1.82) is 0 Å². The first-order valence-electron chi connectivity index (χ1n) is 8.05. The van der Waals surface area contributed by atoms with Gasteiger partial charge in [0.25, 0.3) is 0 Å². The highest BCUT2D eigenvalue weighted by atomic mass is 35.5. The van der Waals surface area contributed by atoms with Crippen molar-refractivity contribution >= 4 is 29.2 Å². The lowest BCUT2D eigenvalue weighted by atomic mass is 10.0. The molecule has 1 aromatic rings. The molecule has 0 aliphatic carbocycles. The topological polar surface area (TPSA) is 72.9 Å². The molecule has 7 heteroatoms. The number of likely N-dealkylation sites (tertiary alicyclic amines) is 1. The summed E-state index contributed by atoms with van der Waals surface area (Å²) in [5.74, 6) is -0.851. The Hall–Kier alpha value is -1.63. The van der Waals surface area contributed by atoms with Crippen molar-refractivity contribution in [3.63, 3.8) is 0 Å². The zero-order valence-corrected chi connectivity index (χ0v) is 14.8. The van der Waals surface area contributed by atoms with Crippen molar-refractivity contribution in [2.75, 3.05) is 38.5 Å². The number of carbonyl (C=O) groups excluding carboxylic acids is 1. The number of anilines is 1. The maximum Gasteiger partial charge on any atom is 0.317 e. The Kier molecular flexibility index (Phi) is 6.60. The minimum absolute atomic E-state index is 0.0437. The molecule has 1 heterocycles. The van der Waals surface area contributed by atoms with Gasteiger partial charge in [-0.05, 0) is 50.6 Å². The van der Waals surface area contributed by atoms with Gasteiger partial charge in [0.2, 0.25) is 5.91 Å². The van der Waals surface area contributed by atoms with Crippen LogP contribution < -0.4 is 5.32 Å². The van der Waals surface area contributed by atoms with Crippen LogP contribution in [0.1, 0.15) is 18.4 Å². The van der Waals surface area contributed by atoms with E-state index in [-0.39, 0.29) is 18.5 Å².